The van der Waals surface area contributed by atoms with E-state index in [0.717, 1.165) is 36.6 Å². The second kappa shape index (κ2) is 8.87. The second-order valence-corrected chi connectivity index (χ2v) is 9.35. The smallest absolute Gasteiger partial charge is 0.211 e. The van der Waals surface area contributed by atoms with Crippen LogP contribution >= 0.6 is 11.6 Å². The van der Waals surface area contributed by atoms with Crippen LogP contribution in [0.3, 0.4) is 0 Å². The van der Waals surface area contributed by atoms with E-state index >= 15 is 0 Å². The average molecular weight is 407 g/mol. The third kappa shape index (κ3) is 4.89. The highest BCUT2D eigenvalue weighted by Crippen LogP contribution is 2.26. The van der Waals surface area contributed by atoms with Crippen molar-refractivity contribution in [2.24, 2.45) is 0 Å². The van der Waals surface area contributed by atoms with Crippen LogP contribution in [0.4, 0.5) is 5.69 Å². The number of rotatable bonds is 7. The molecule has 1 aliphatic rings. The van der Waals surface area contributed by atoms with Gasteiger partial charge in [0.1, 0.15) is 0 Å². The number of nitrogens with one attached hydrogen (secondary N) is 1. The molecule has 5 nitrogen and oxygen atoms in total. The van der Waals surface area contributed by atoms with E-state index in [9.17, 15) is 13.2 Å². The highest BCUT2D eigenvalue weighted by Gasteiger charge is 2.31. The van der Waals surface area contributed by atoms with Crippen LogP contribution in [0.1, 0.15) is 18.4 Å². The Bertz CT molecular complexity index is 876. The number of likely N-dealkylation sites (tertiary alicyclic amines) is 1. The zero-order valence-corrected chi connectivity index (χ0v) is 16.5. The quantitative estimate of drug-likeness (QED) is 0.716. The lowest BCUT2D eigenvalue weighted by Crippen LogP contribution is -2.40. The predicted molar refractivity (Wildman–Crippen MR) is 108 cm³/mol. The average Bonchev–Trinajstić information content (AvgIpc) is 2.68. The minimum Gasteiger partial charge on any atom is -0.329 e. The van der Waals surface area contributed by atoms with E-state index in [1.807, 2.05) is 24.3 Å². The molecule has 0 aliphatic carbocycles. The highest BCUT2D eigenvalue weighted by atomic mass is 35.5. The summed E-state index contributed by atoms with van der Waals surface area (Å²) in [6, 6.07) is 14.2. The molecule has 1 aliphatic heterocycles. The molecule has 3 rings (SSSR count). The van der Waals surface area contributed by atoms with Gasteiger partial charge in [-0.25, -0.2) is 8.42 Å². The fourth-order valence-corrected chi connectivity index (χ4v) is 5.39. The minimum atomic E-state index is -3.35. The molecule has 1 fully saturated rings. The van der Waals surface area contributed by atoms with Crippen LogP contribution in [0.2, 0.25) is 5.02 Å². The molecule has 7 heteroatoms. The number of nitrogens with zero attached hydrogens (tertiary/aromatic N) is 1. The highest BCUT2D eigenvalue weighted by molar-refractivity contribution is 7.92. The molecule has 1 saturated heterocycles. The number of sulfone groups is 1. The molecule has 1 amide bonds. The molecule has 2 aromatic carbocycles. The number of carbonyl (C=O) groups excluding carboxylic acids is 1. The van der Waals surface area contributed by atoms with E-state index < -0.39 is 9.84 Å². The van der Waals surface area contributed by atoms with E-state index in [-0.39, 0.29) is 5.25 Å². The monoisotopic (exact) mass is 406 g/mol. The number of anilines is 1. The van der Waals surface area contributed by atoms with Crippen molar-refractivity contribution in [3.8, 4) is 0 Å². The van der Waals surface area contributed by atoms with Crippen LogP contribution in [0.15, 0.2) is 53.4 Å². The molecular weight excluding hydrogens is 384 g/mol. The third-order valence-electron chi connectivity index (χ3n) is 5.04. The maximum absolute atomic E-state index is 12.9. The first kappa shape index (κ1) is 19.9. The zero-order valence-electron chi connectivity index (χ0n) is 15.0. The Labute approximate surface area is 165 Å². The van der Waals surface area contributed by atoms with Gasteiger partial charge in [-0.3, -0.25) is 4.79 Å². The lowest BCUT2D eigenvalue weighted by molar-refractivity contribution is -0.105. The lowest BCUT2D eigenvalue weighted by atomic mass is 10.1. The molecule has 0 aromatic heterocycles. The Kier molecular flexibility index (Phi) is 6.52. The first-order chi connectivity index (χ1) is 13.0. The number of benzene rings is 2. The molecule has 0 unspecified atom stereocenters. The molecule has 2 aromatic rings. The lowest BCUT2D eigenvalue weighted by Gasteiger charge is -2.31. The van der Waals surface area contributed by atoms with Crippen LogP contribution in [0, 0.1) is 0 Å². The van der Waals surface area contributed by atoms with E-state index in [1.54, 1.807) is 24.3 Å². The first-order valence-corrected chi connectivity index (χ1v) is 10.9. The van der Waals surface area contributed by atoms with Crippen LogP contribution in [0.5, 0.6) is 0 Å². The largest absolute Gasteiger partial charge is 0.329 e. The van der Waals surface area contributed by atoms with Crippen LogP contribution < -0.4 is 5.32 Å². The summed E-state index contributed by atoms with van der Waals surface area (Å²) in [7, 11) is -3.35. The van der Waals surface area contributed by atoms with Gasteiger partial charge in [-0.05, 0) is 68.2 Å². The molecule has 1 heterocycles. The van der Waals surface area contributed by atoms with E-state index in [0.29, 0.717) is 29.8 Å². The standard InChI is InChI=1S/C20H23ClN2O3S/c21-20-4-2-1-3-16(20)9-12-23-13-10-19(11-14-23)27(25,26)18-7-5-17(6-8-18)22-15-24/h1-8,15,19H,9-14H2,(H,22,24). The van der Waals surface area contributed by atoms with Crippen LogP contribution in [-0.2, 0) is 21.1 Å². The summed E-state index contributed by atoms with van der Waals surface area (Å²) in [6.45, 7) is 2.40. The van der Waals surface area contributed by atoms with Gasteiger partial charge in [-0.15, -0.1) is 0 Å². The van der Waals surface area contributed by atoms with Crippen molar-refractivity contribution in [1.82, 2.24) is 4.90 Å². The topological polar surface area (TPSA) is 66.5 Å². The summed E-state index contributed by atoms with van der Waals surface area (Å²) in [6.07, 6.45) is 2.68. The molecule has 0 radical (unpaired) electrons. The molecular formula is C20H23ClN2O3S. The molecule has 144 valence electrons. The fourth-order valence-electron chi connectivity index (χ4n) is 3.42. The van der Waals surface area contributed by atoms with Gasteiger partial charge in [-0.2, -0.15) is 0 Å². The van der Waals surface area contributed by atoms with Crippen molar-refractivity contribution in [3.05, 3.63) is 59.1 Å². The fraction of sp³-hybridized carbons (Fsp3) is 0.350. The number of hydrogen-bond acceptors (Lipinski definition) is 4. The summed E-state index contributed by atoms with van der Waals surface area (Å²) < 4.78 is 25.7. The maximum Gasteiger partial charge on any atom is 0.211 e. The van der Waals surface area contributed by atoms with Crippen molar-refractivity contribution < 1.29 is 13.2 Å². The zero-order chi connectivity index (χ0) is 19.3. The molecule has 0 bridgehead atoms. The Morgan fingerprint density at radius 3 is 2.37 bits per heavy atom. The molecule has 27 heavy (non-hydrogen) atoms. The van der Waals surface area contributed by atoms with Gasteiger partial charge in [0.25, 0.3) is 0 Å². The summed E-state index contributed by atoms with van der Waals surface area (Å²) in [5, 5.41) is 2.93. The Morgan fingerprint density at radius 1 is 1.07 bits per heavy atom. The normalized spacial score (nSPS) is 16.2. The number of halogens is 1. The SMILES string of the molecule is O=CNc1ccc(S(=O)(=O)C2CCN(CCc3ccccc3Cl)CC2)cc1. The third-order valence-corrected chi connectivity index (χ3v) is 7.68. The van der Waals surface area contributed by atoms with Gasteiger partial charge >= 0.3 is 0 Å². The van der Waals surface area contributed by atoms with Gasteiger partial charge in [-0.1, -0.05) is 29.8 Å². The molecule has 0 atom stereocenters. The van der Waals surface area contributed by atoms with Gasteiger partial charge in [0, 0.05) is 17.3 Å². The number of hydrogen-bond donors (Lipinski definition) is 1. The summed E-state index contributed by atoms with van der Waals surface area (Å²) >= 11 is 6.20. The van der Waals surface area contributed by atoms with E-state index in [2.05, 4.69) is 10.2 Å². The molecule has 0 saturated carbocycles. The molecule has 1 N–H and O–H groups in total. The second-order valence-electron chi connectivity index (χ2n) is 6.71. The summed E-state index contributed by atoms with van der Waals surface area (Å²) in [5.74, 6) is 0. The number of piperidine rings is 1. The van der Waals surface area contributed by atoms with Crippen molar-refractivity contribution in [3.63, 3.8) is 0 Å². The van der Waals surface area contributed by atoms with Gasteiger partial charge in [0.05, 0.1) is 10.1 Å². The van der Waals surface area contributed by atoms with E-state index in [4.69, 9.17) is 11.6 Å². The Balaban J connectivity index is 1.56. The predicted octanol–water partition coefficient (Wildman–Crippen LogP) is 3.39. The van der Waals surface area contributed by atoms with Gasteiger partial charge in [0.2, 0.25) is 6.41 Å². The van der Waals surface area contributed by atoms with Crippen molar-refractivity contribution in [2.45, 2.75) is 29.4 Å². The molecule has 0 spiro atoms. The van der Waals surface area contributed by atoms with E-state index in [1.165, 1.54) is 0 Å². The Morgan fingerprint density at radius 2 is 1.74 bits per heavy atom. The summed E-state index contributed by atoms with van der Waals surface area (Å²) in [4.78, 5) is 13.1. The van der Waals surface area contributed by atoms with Crippen LogP contribution in [-0.4, -0.2) is 44.6 Å². The van der Waals surface area contributed by atoms with Gasteiger partial charge < -0.3 is 10.2 Å². The maximum atomic E-state index is 12.9. The van der Waals surface area contributed by atoms with Crippen molar-refractivity contribution in [1.29, 1.82) is 0 Å². The Hall–Kier alpha value is -1.89. The van der Waals surface area contributed by atoms with Crippen molar-refractivity contribution in [2.75, 3.05) is 25.0 Å². The summed E-state index contributed by atoms with van der Waals surface area (Å²) in [5.41, 5.74) is 1.70. The first-order valence-electron chi connectivity index (χ1n) is 9.00. The number of amides is 1. The number of carbonyl (C=O) groups is 1. The van der Waals surface area contributed by atoms with Crippen LogP contribution in [0.25, 0.3) is 0 Å². The van der Waals surface area contributed by atoms with Crippen molar-refractivity contribution >= 4 is 33.5 Å². The minimum absolute atomic E-state index is 0.313. The van der Waals surface area contributed by atoms with Gasteiger partial charge in [0.15, 0.2) is 9.84 Å².